The van der Waals surface area contributed by atoms with Crippen molar-refractivity contribution in [3.63, 3.8) is 0 Å². The van der Waals surface area contributed by atoms with E-state index in [1.165, 1.54) is 6.07 Å². The van der Waals surface area contributed by atoms with Gasteiger partial charge >= 0.3 is 0 Å². The zero-order chi connectivity index (χ0) is 27.4. The van der Waals surface area contributed by atoms with Gasteiger partial charge in [-0.05, 0) is 51.8 Å². The van der Waals surface area contributed by atoms with E-state index < -0.39 is 0 Å². The molecule has 4 aromatic carbocycles. The third-order valence-electron chi connectivity index (χ3n) is 6.05. The number of amides is 1. The maximum atomic E-state index is 11.8. The number of nitrogens with one attached hydrogen (secondary N) is 1. The molecule has 0 radical (unpaired) electrons. The molecule has 0 saturated heterocycles. The smallest absolute Gasteiger partial charge is 0.251 e. The van der Waals surface area contributed by atoms with E-state index in [2.05, 4.69) is 15.6 Å². The molecule has 0 spiro atoms. The second-order valence-electron chi connectivity index (χ2n) is 8.54. The monoisotopic (exact) mass is 561 g/mol. The summed E-state index contributed by atoms with van der Waals surface area (Å²) >= 11 is 13.1. The topological polar surface area (TPSA) is 104 Å². The molecule has 39 heavy (non-hydrogen) atoms. The number of halogens is 2. The Hall–Kier alpha value is -4.40. The second-order valence-corrected chi connectivity index (χ2v) is 9.32. The van der Waals surface area contributed by atoms with E-state index in [1.54, 1.807) is 37.4 Å². The maximum Gasteiger partial charge on any atom is 0.251 e. The zero-order valence-corrected chi connectivity index (χ0v) is 22.1. The predicted octanol–water partition coefficient (Wildman–Crippen LogP) is 6.53. The second kappa shape index (κ2) is 11.6. The summed E-state index contributed by atoms with van der Waals surface area (Å²) in [4.78, 5) is 23.5. The van der Waals surface area contributed by atoms with E-state index in [0.29, 0.717) is 39.4 Å². The predicted molar refractivity (Wildman–Crippen MR) is 148 cm³/mol. The largest absolute Gasteiger partial charge is 0.488 e. The van der Waals surface area contributed by atoms with E-state index in [1.807, 2.05) is 36.4 Å². The average Bonchev–Trinajstić information content (AvgIpc) is 3.44. The van der Waals surface area contributed by atoms with Crippen LogP contribution in [0.1, 0.15) is 31.8 Å². The van der Waals surface area contributed by atoms with E-state index in [0.717, 1.165) is 22.3 Å². The highest BCUT2D eigenvalue weighted by atomic mass is 35.5. The minimum atomic E-state index is -0.163. The minimum Gasteiger partial charge on any atom is -0.488 e. The third kappa shape index (κ3) is 5.72. The van der Waals surface area contributed by atoms with Gasteiger partial charge in [0.2, 0.25) is 0 Å². The summed E-state index contributed by atoms with van der Waals surface area (Å²) in [6.07, 6.45) is 0.672. The van der Waals surface area contributed by atoms with Crippen molar-refractivity contribution in [2.45, 2.75) is 13.2 Å². The molecule has 0 aliphatic carbocycles. The third-order valence-corrected chi connectivity index (χ3v) is 6.79. The average molecular weight is 562 g/mol. The lowest BCUT2D eigenvalue weighted by atomic mass is 10.0. The van der Waals surface area contributed by atoms with Crippen molar-refractivity contribution < 1.29 is 23.7 Å². The van der Waals surface area contributed by atoms with Crippen LogP contribution in [0.15, 0.2) is 77.4 Å². The zero-order valence-electron chi connectivity index (χ0n) is 20.6. The molecule has 8 nitrogen and oxygen atoms in total. The van der Waals surface area contributed by atoms with Crippen molar-refractivity contribution in [3.05, 3.63) is 105 Å². The molecule has 0 aliphatic heterocycles. The SMILES string of the molecule is CNC(=O)c1ccc(-c2cccc(COc3cc(OCc4ccc5nonc5c4)c(C=O)cc3Cl)c2Cl)cc1. The van der Waals surface area contributed by atoms with Crippen LogP contribution in [0.25, 0.3) is 22.2 Å². The number of aromatic nitrogens is 2. The van der Waals surface area contributed by atoms with Crippen molar-refractivity contribution in [1.29, 1.82) is 0 Å². The lowest BCUT2D eigenvalue weighted by Crippen LogP contribution is -2.17. The van der Waals surface area contributed by atoms with Crippen LogP contribution in [0.2, 0.25) is 10.0 Å². The number of rotatable bonds is 9. The summed E-state index contributed by atoms with van der Waals surface area (Å²) in [6.45, 7) is 0.301. The van der Waals surface area contributed by atoms with Gasteiger partial charge < -0.3 is 14.8 Å². The number of carbonyl (C=O) groups excluding carboxylic acids is 2. The molecular formula is C29H21Cl2N3O5. The van der Waals surface area contributed by atoms with Crippen LogP contribution >= 0.6 is 23.2 Å². The lowest BCUT2D eigenvalue weighted by molar-refractivity contribution is 0.0962. The van der Waals surface area contributed by atoms with E-state index in [9.17, 15) is 9.59 Å². The van der Waals surface area contributed by atoms with Gasteiger partial charge in [0.05, 0.1) is 15.6 Å². The van der Waals surface area contributed by atoms with Gasteiger partial charge in [-0.25, -0.2) is 4.63 Å². The Bertz CT molecular complexity index is 1670. The Labute approximate surface area is 233 Å². The van der Waals surface area contributed by atoms with E-state index >= 15 is 0 Å². The number of aldehydes is 1. The summed E-state index contributed by atoms with van der Waals surface area (Å²) in [5.74, 6) is 0.493. The summed E-state index contributed by atoms with van der Waals surface area (Å²) in [6, 6.07) is 21.3. The molecule has 10 heteroatoms. The first-order chi connectivity index (χ1) is 19.0. The van der Waals surface area contributed by atoms with Crippen LogP contribution in [0.3, 0.4) is 0 Å². The van der Waals surface area contributed by atoms with Crippen molar-refractivity contribution in [2.24, 2.45) is 0 Å². The molecule has 0 unspecified atom stereocenters. The van der Waals surface area contributed by atoms with Crippen molar-refractivity contribution in [3.8, 4) is 22.6 Å². The summed E-state index contributed by atoms with van der Waals surface area (Å²) in [7, 11) is 1.59. The van der Waals surface area contributed by atoms with Crippen LogP contribution in [-0.4, -0.2) is 29.6 Å². The van der Waals surface area contributed by atoms with E-state index in [-0.39, 0.29) is 29.7 Å². The van der Waals surface area contributed by atoms with Gasteiger partial charge in [0.15, 0.2) is 6.29 Å². The fourth-order valence-corrected chi connectivity index (χ4v) is 4.49. The Kier molecular flexibility index (Phi) is 7.76. The summed E-state index contributed by atoms with van der Waals surface area (Å²) in [5, 5.41) is 11.0. The number of carbonyl (C=O) groups is 2. The normalized spacial score (nSPS) is 10.8. The van der Waals surface area contributed by atoms with Gasteiger partial charge in [0.1, 0.15) is 35.7 Å². The molecule has 5 aromatic rings. The number of hydrogen-bond acceptors (Lipinski definition) is 7. The van der Waals surface area contributed by atoms with Gasteiger partial charge in [0, 0.05) is 29.8 Å². The van der Waals surface area contributed by atoms with E-state index in [4.69, 9.17) is 37.3 Å². The Morgan fingerprint density at radius 1 is 0.923 bits per heavy atom. The van der Waals surface area contributed by atoms with Crippen LogP contribution in [-0.2, 0) is 13.2 Å². The molecule has 1 heterocycles. The Morgan fingerprint density at radius 3 is 2.46 bits per heavy atom. The molecule has 1 aromatic heterocycles. The molecular weight excluding hydrogens is 541 g/mol. The van der Waals surface area contributed by atoms with Gasteiger partial charge in [-0.15, -0.1) is 0 Å². The van der Waals surface area contributed by atoms with Crippen LogP contribution in [0.5, 0.6) is 11.5 Å². The molecule has 0 fully saturated rings. The van der Waals surface area contributed by atoms with Gasteiger partial charge in [-0.1, -0.05) is 59.6 Å². The molecule has 1 N–H and O–H groups in total. The molecule has 0 bridgehead atoms. The van der Waals surface area contributed by atoms with Crippen molar-refractivity contribution in [1.82, 2.24) is 15.6 Å². The summed E-state index contributed by atoms with van der Waals surface area (Å²) in [5.41, 5.74) is 5.30. The van der Waals surface area contributed by atoms with Crippen LogP contribution < -0.4 is 14.8 Å². The van der Waals surface area contributed by atoms with Crippen molar-refractivity contribution in [2.75, 3.05) is 7.05 Å². The van der Waals surface area contributed by atoms with Gasteiger partial charge in [-0.3, -0.25) is 9.59 Å². The van der Waals surface area contributed by atoms with Gasteiger partial charge in [0.25, 0.3) is 5.91 Å². The first-order valence-corrected chi connectivity index (χ1v) is 12.6. The highest BCUT2D eigenvalue weighted by molar-refractivity contribution is 6.34. The fraction of sp³-hybridized carbons (Fsp3) is 0.103. The number of hydrogen-bond donors (Lipinski definition) is 1. The standard InChI is InChI=1S/C29H21Cl2N3O5/c1-32-29(36)19-8-6-18(7-9-19)22-4-2-3-20(28(22)31)16-38-27-13-26(21(14-35)12-23(27)30)37-15-17-5-10-24-25(11-17)34-39-33-24/h2-14H,15-16H2,1H3,(H,32,36). The molecule has 0 atom stereocenters. The quantitative estimate of drug-likeness (QED) is 0.204. The van der Waals surface area contributed by atoms with Crippen molar-refractivity contribution >= 4 is 46.4 Å². The highest BCUT2D eigenvalue weighted by Crippen LogP contribution is 2.35. The maximum absolute atomic E-state index is 11.8. The van der Waals surface area contributed by atoms with Crippen LogP contribution in [0.4, 0.5) is 0 Å². The molecule has 5 rings (SSSR count). The Morgan fingerprint density at radius 2 is 1.69 bits per heavy atom. The van der Waals surface area contributed by atoms with Gasteiger partial charge in [-0.2, -0.15) is 0 Å². The van der Waals surface area contributed by atoms with Crippen LogP contribution in [0, 0.1) is 0 Å². The first kappa shape index (κ1) is 26.2. The summed E-state index contributed by atoms with van der Waals surface area (Å²) < 4.78 is 16.6. The number of nitrogens with zero attached hydrogens (tertiary/aromatic N) is 2. The Balaban J connectivity index is 1.33. The lowest BCUT2D eigenvalue weighted by Gasteiger charge is -2.15. The number of ether oxygens (including phenoxy) is 2. The molecule has 1 amide bonds. The number of benzene rings is 4. The molecule has 0 saturated carbocycles. The number of fused-ring (bicyclic) bond motifs is 1. The molecule has 0 aliphatic rings. The molecule has 196 valence electrons. The highest BCUT2D eigenvalue weighted by Gasteiger charge is 2.14. The fourth-order valence-electron chi connectivity index (χ4n) is 3.97. The first-order valence-electron chi connectivity index (χ1n) is 11.8. The minimum absolute atomic E-state index is 0.123.